The van der Waals surface area contributed by atoms with Gasteiger partial charge in [-0.3, -0.25) is 4.68 Å². The van der Waals surface area contributed by atoms with Gasteiger partial charge in [0, 0.05) is 42.8 Å². The summed E-state index contributed by atoms with van der Waals surface area (Å²) >= 11 is 0. The van der Waals surface area contributed by atoms with Crippen molar-refractivity contribution in [3.05, 3.63) is 70.4 Å². The van der Waals surface area contributed by atoms with Gasteiger partial charge in [0.25, 0.3) is 0 Å². The summed E-state index contributed by atoms with van der Waals surface area (Å²) in [6.45, 7) is 1.68. The van der Waals surface area contributed by atoms with Crippen molar-refractivity contribution < 1.29 is 22.3 Å². The Balaban J connectivity index is 2.00. The summed E-state index contributed by atoms with van der Waals surface area (Å²) in [5.41, 5.74) is 0.882. The first-order valence-corrected chi connectivity index (χ1v) is 8.06. The van der Waals surface area contributed by atoms with Gasteiger partial charge in [-0.1, -0.05) is 0 Å². The van der Waals surface area contributed by atoms with Crippen LogP contribution in [0.25, 0.3) is 0 Å². The van der Waals surface area contributed by atoms with Gasteiger partial charge in [0.2, 0.25) is 0 Å². The van der Waals surface area contributed by atoms with Crippen LogP contribution in [0.3, 0.4) is 0 Å². The Labute approximate surface area is 153 Å². The van der Waals surface area contributed by atoms with Crippen molar-refractivity contribution in [2.24, 2.45) is 7.05 Å². The van der Waals surface area contributed by atoms with E-state index in [0.29, 0.717) is 17.1 Å². The minimum Gasteiger partial charge on any atom is -0.497 e. The third-order valence-corrected chi connectivity index (χ3v) is 4.23. The third-order valence-electron chi connectivity index (χ3n) is 4.23. The van der Waals surface area contributed by atoms with Gasteiger partial charge in [0.05, 0.1) is 18.5 Å². The third kappa shape index (κ3) is 3.74. The Morgan fingerprint density at radius 2 is 1.67 bits per heavy atom. The summed E-state index contributed by atoms with van der Waals surface area (Å²) in [6.07, 6.45) is -0.105. The van der Waals surface area contributed by atoms with Crippen molar-refractivity contribution in [1.29, 1.82) is 0 Å². The molecule has 0 unspecified atom stereocenters. The van der Waals surface area contributed by atoms with Gasteiger partial charge in [0.15, 0.2) is 0 Å². The summed E-state index contributed by atoms with van der Waals surface area (Å²) in [5.74, 6) is -2.58. The number of benzene rings is 2. The number of halogens is 4. The summed E-state index contributed by atoms with van der Waals surface area (Å²) in [5, 5.41) is 7.06. The lowest BCUT2D eigenvalue weighted by Gasteiger charge is -2.12. The molecule has 0 aliphatic heterocycles. The summed E-state index contributed by atoms with van der Waals surface area (Å²) in [4.78, 5) is 0. The van der Waals surface area contributed by atoms with Crippen LogP contribution in [0.4, 0.5) is 29.1 Å². The molecule has 0 bridgehead atoms. The van der Waals surface area contributed by atoms with E-state index in [4.69, 9.17) is 4.74 Å². The van der Waals surface area contributed by atoms with Crippen LogP contribution < -0.4 is 10.1 Å². The van der Waals surface area contributed by atoms with Gasteiger partial charge < -0.3 is 10.1 Å². The maximum atomic E-state index is 14.3. The normalized spacial score (nSPS) is 10.9. The van der Waals surface area contributed by atoms with E-state index < -0.39 is 23.3 Å². The fourth-order valence-corrected chi connectivity index (χ4v) is 2.83. The number of methoxy groups -OCH3 is 1. The standard InChI is InChI=1S/C19H17F4N3O/c1-10-13(9-14-15(21)7-12(27-3)8-16(14)22)19(26(2)25-10)24-18-5-4-11(20)6-17(18)23/h4-8,24H,9H2,1-3H3. The SMILES string of the molecule is COc1cc(F)c(Cc2c(C)nn(C)c2Nc2ccc(F)cc2F)c(F)c1. The average molecular weight is 379 g/mol. The number of ether oxygens (including phenoxy) is 1. The highest BCUT2D eigenvalue weighted by Gasteiger charge is 2.20. The number of aromatic nitrogens is 2. The zero-order valence-electron chi connectivity index (χ0n) is 14.9. The Morgan fingerprint density at radius 3 is 2.26 bits per heavy atom. The van der Waals surface area contributed by atoms with Gasteiger partial charge in [-0.05, 0) is 19.1 Å². The van der Waals surface area contributed by atoms with Crippen LogP contribution in [0, 0.1) is 30.2 Å². The van der Waals surface area contributed by atoms with Crippen LogP contribution in [0.15, 0.2) is 30.3 Å². The number of hydrogen-bond donors (Lipinski definition) is 1. The van der Waals surface area contributed by atoms with Crippen LogP contribution in [0.1, 0.15) is 16.8 Å². The summed E-state index contributed by atoms with van der Waals surface area (Å²) in [7, 11) is 2.93. The highest BCUT2D eigenvalue weighted by molar-refractivity contribution is 5.62. The van der Waals surface area contributed by atoms with Gasteiger partial charge in [-0.25, -0.2) is 17.6 Å². The van der Waals surface area contributed by atoms with Gasteiger partial charge >= 0.3 is 0 Å². The second-order valence-corrected chi connectivity index (χ2v) is 6.03. The molecular formula is C19H17F4N3O. The van der Waals surface area contributed by atoms with E-state index in [1.54, 1.807) is 14.0 Å². The van der Waals surface area contributed by atoms with E-state index in [1.807, 2.05) is 0 Å². The van der Waals surface area contributed by atoms with Crippen molar-refractivity contribution in [3.8, 4) is 5.75 Å². The minimum absolute atomic E-state index is 0.0244. The second-order valence-electron chi connectivity index (χ2n) is 6.03. The molecule has 0 saturated carbocycles. The van der Waals surface area contributed by atoms with Crippen molar-refractivity contribution in [2.75, 3.05) is 12.4 Å². The molecule has 0 aliphatic carbocycles. The Hall–Kier alpha value is -3.03. The largest absolute Gasteiger partial charge is 0.497 e. The highest BCUT2D eigenvalue weighted by atomic mass is 19.1. The zero-order valence-corrected chi connectivity index (χ0v) is 14.9. The molecule has 1 N–H and O–H groups in total. The molecule has 0 atom stereocenters. The van der Waals surface area contributed by atoms with E-state index in [1.165, 1.54) is 17.9 Å². The van der Waals surface area contributed by atoms with Gasteiger partial charge in [-0.2, -0.15) is 5.10 Å². The molecule has 0 amide bonds. The molecule has 4 nitrogen and oxygen atoms in total. The van der Waals surface area contributed by atoms with Crippen LogP contribution in [0.5, 0.6) is 5.75 Å². The van der Waals surface area contributed by atoms with Crippen LogP contribution in [-0.4, -0.2) is 16.9 Å². The lowest BCUT2D eigenvalue weighted by molar-refractivity contribution is 0.405. The Bertz CT molecular complexity index is 978. The molecule has 3 aromatic rings. The molecule has 0 saturated heterocycles. The molecule has 0 aliphatic rings. The van der Waals surface area contributed by atoms with Crippen LogP contribution in [-0.2, 0) is 13.5 Å². The van der Waals surface area contributed by atoms with E-state index in [-0.39, 0.29) is 23.4 Å². The van der Waals surface area contributed by atoms with E-state index in [2.05, 4.69) is 10.4 Å². The second kappa shape index (κ2) is 7.30. The number of nitrogens with one attached hydrogen (secondary N) is 1. The molecular weight excluding hydrogens is 362 g/mol. The van der Waals surface area contributed by atoms with Crippen molar-refractivity contribution in [2.45, 2.75) is 13.3 Å². The molecule has 142 valence electrons. The Morgan fingerprint density at radius 1 is 1.00 bits per heavy atom. The first kappa shape index (κ1) is 18.8. The lowest BCUT2D eigenvalue weighted by atomic mass is 10.0. The van der Waals surface area contributed by atoms with E-state index in [9.17, 15) is 17.6 Å². The molecule has 0 fully saturated rings. The van der Waals surface area contributed by atoms with E-state index in [0.717, 1.165) is 24.3 Å². The average Bonchev–Trinajstić information content (AvgIpc) is 2.86. The molecule has 0 spiro atoms. The predicted octanol–water partition coefficient (Wildman–Crippen LogP) is 4.63. The number of anilines is 2. The monoisotopic (exact) mass is 379 g/mol. The zero-order chi connectivity index (χ0) is 19.7. The Kier molecular flexibility index (Phi) is 5.07. The van der Waals surface area contributed by atoms with Crippen molar-refractivity contribution in [3.63, 3.8) is 0 Å². The van der Waals surface area contributed by atoms with Crippen molar-refractivity contribution in [1.82, 2.24) is 9.78 Å². The molecule has 1 aromatic heterocycles. The first-order valence-electron chi connectivity index (χ1n) is 8.06. The molecule has 0 radical (unpaired) electrons. The fourth-order valence-electron chi connectivity index (χ4n) is 2.83. The number of rotatable bonds is 5. The van der Waals surface area contributed by atoms with E-state index >= 15 is 0 Å². The van der Waals surface area contributed by atoms with Crippen LogP contribution >= 0.6 is 0 Å². The topological polar surface area (TPSA) is 39.1 Å². The number of nitrogens with zero attached hydrogens (tertiary/aromatic N) is 2. The maximum absolute atomic E-state index is 14.3. The van der Waals surface area contributed by atoms with Crippen LogP contribution in [0.2, 0.25) is 0 Å². The number of aryl methyl sites for hydroxylation is 2. The minimum atomic E-state index is -0.790. The molecule has 3 rings (SSSR count). The quantitative estimate of drug-likeness (QED) is 0.657. The molecule has 1 heterocycles. The first-order chi connectivity index (χ1) is 12.8. The molecule has 8 heteroatoms. The smallest absolute Gasteiger partial charge is 0.149 e. The maximum Gasteiger partial charge on any atom is 0.149 e. The molecule has 2 aromatic carbocycles. The molecule has 27 heavy (non-hydrogen) atoms. The number of hydrogen-bond acceptors (Lipinski definition) is 3. The fraction of sp³-hybridized carbons (Fsp3) is 0.211. The van der Waals surface area contributed by atoms with Gasteiger partial charge in [0.1, 0.15) is 34.8 Å². The predicted molar refractivity (Wildman–Crippen MR) is 93.3 cm³/mol. The van der Waals surface area contributed by atoms with Gasteiger partial charge in [-0.15, -0.1) is 0 Å². The highest BCUT2D eigenvalue weighted by Crippen LogP contribution is 2.30. The summed E-state index contributed by atoms with van der Waals surface area (Å²) in [6, 6.07) is 5.28. The lowest BCUT2D eigenvalue weighted by Crippen LogP contribution is -2.05. The summed E-state index contributed by atoms with van der Waals surface area (Å²) < 4.78 is 62.0. The van der Waals surface area contributed by atoms with Crippen molar-refractivity contribution >= 4 is 11.5 Å².